The molecule has 3 aromatic rings. The number of carbonyl (C=O) groups is 2. The maximum Gasteiger partial charge on any atom is 0.244 e. The third kappa shape index (κ3) is 3.08. The molecular formula is C22H16FNO4S. The van der Waals surface area contributed by atoms with Crippen molar-refractivity contribution in [2.45, 2.75) is 10.9 Å². The summed E-state index contributed by atoms with van der Waals surface area (Å²) in [6.07, 6.45) is 0. The molecule has 0 N–H and O–H groups in total. The van der Waals surface area contributed by atoms with Gasteiger partial charge in [0.2, 0.25) is 10.0 Å². The zero-order chi connectivity index (χ0) is 20.8. The van der Waals surface area contributed by atoms with Crippen molar-refractivity contribution >= 4 is 21.6 Å². The Kier molecular flexibility index (Phi) is 4.64. The van der Waals surface area contributed by atoms with Crippen molar-refractivity contribution in [1.82, 2.24) is 4.31 Å². The van der Waals surface area contributed by atoms with Crippen LogP contribution in [-0.2, 0) is 10.0 Å². The zero-order valence-corrected chi connectivity index (χ0v) is 16.2. The van der Waals surface area contributed by atoms with Gasteiger partial charge in [-0.05, 0) is 29.8 Å². The van der Waals surface area contributed by atoms with Crippen LogP contribution in [0.25, 0.3) is 11.1 Å². The highest BCUT2D eigenvalue weighted by Crippen LogP contribution is 2.31. The summed E-state index contributed by atoms with van der Waals surface area (Å²) in [5, 5.41) is 0. The van der Waals surface area contributed by atoms with Gasteiger partial charge in [0.1, 0.15) is 5.82 Å². The molecule has 1 heterocycles. The van der Waals surface area contributed by atoms with Crippen LogP contribution in [0.4, 0.5) is 4.39 Å². The smallest absolute Gasteiger partial charge is 0.244 e. The van der Waals surface area contributed by atoms with E-state index in [0.29, 0.717) is 11.1 Å². The molecule has 1 atom stereocenters. The summed E-state index contributed by atoms with van der Waals surface area (Å²) < 4.78 is 40.5. The molecule has 7 heteroatoms. The number of carbonyl (C=O) groups excluding carboxylic acids is 2. The predicted octanol–water partition coefficient (Wildman–Crippen LogP) is 3.56. The number of benzene rings is 3. The number of Topliss-reactive ketones (excluding diaryl/α,β-unsaturated/α-hetero) is 2. The number of nitrogens with zero attached hydrogens (tertiary/aromatic N) is 1. The first-order valence-corrected chi connectivity index (χ1v) is 10.3. The number of hydrogen-bond donors (Lipinski definition) is 0. The van der Waals surface area contributed by atoms with E-state index in [1.165, 1.54) is 43.4 Å². The molecule has 146 valence electrons. The molecule has 0 radical (unpaired) electrons. The normalized spacial score (nSPS) is 18.3. The first kappa shape index (κ1) is 19.2. The first-order chi connectivity index (χ1) is 13.8. The summed E-state index contributed by atoms with van der Waals surface area (Å²) in [4.78, 5) is 26.0. The zero-order valence-electron chi connectivity index (χ0n) is 15.4. The van der Waals surface area contributed by atoms with E-state index in [1.54, 1.807) is 36.4 Å². The highest BCUT2D eigenvalue weighted by molar-refractivity contribution is 7.89. The van der Waals surface area contributed by atoms with Crippen molar-refractivity contribution in [3.63, 3.8) is 0 Å². The molecule has 0 aromatic heterocycles. The Balaban J connectivity index is 1.79. The number of sulfonamides is 1. The molecule has 0 saturated carbocycles. The number of ketones is 2. The number of rotatable bonds is 3. The van der Waals surface area contributed by atoms with Gasteiger partial charge in [-0.2, -0.15) is 4.31 Å². The summed E-state index contributed by atoms with van der Waals surface area (Å²) in [7, 11) is -2.78. The maximum absolute atomic E-state index is 14.1. The van der Waals surface area contributed by atoms with Crippen LogP contribution >= 0.6 is 0 Å². The van der Waals surface area contributed by atoms with Crippen LogP contribution in [0.1, 0.15) is 20.7 Å². The van der Waals surface area contributed by atoms with Gasteiger partial charge >= 0.3 is 0 Å². The number of halogens is 1. The van der Waals surface area contributed by atoms with Gasteiger partial charge in [-0.3, -0.25) is 9.59 Å². The highest BCUT2D eigenvalue weighted by atomic mass is 32.2. The van der Waals surface area contributed by atoms with Crippen LogP contribution < -0.4 is 0 Å². The molecule has 1 aliphatic rings. The van der Waals surface area contributed by atoms with Crippen LogP contribution in [-0.4, -0.2) is 37.4 Å². The molecule has 0 fully saturated rings. The van der Waals surface area contributed by atoms with E-state index in [0.717, 1.165) is 4.31 Å². The van der Waals surface area contributed by atoms with Crippen molar-refractivity contribution in [3.8, 4) is 11.1 Å². The van der Waals surface area contributed by atoms with E-state index in [2.05, 4.69) is 0 Å². The summed E-state index contributed by atoms with van der Waals surface area (Å²) in [6.45, 7) is 0. The molecule has 1 aliphatic heterocycles. The molecule has 0 aliphatic carbocycles. The molecule has 4 rings (SSSR count). The van der Waals surface area contributed by atoms with E-state index in [1.807, 2.05) is 0 Å². The van der Waals surface area contributed by atoms with Gasteiger partial charge < -0.3 is 0 Å². The van der Waals surface area contributed by atoms with Crippen LogP contribution in [0.15, 0.2) is 77.7 Å². The van der Waals surface area contributed by atoms with Gasteiger partial charge in [-0.25, -0.2) is 12.8 Å². The quantitative estimate of drug-likeness (QED) is 0.490. The lowest BCUT2D eigenvalue weighted by atomic mass is 9.94. The van der Waals surface area contributed by atoms with Crippen LogP contribution in [0.3, 0.4) is 0 Å². The van der Waals surface area contributed by atoms with E-state index < -0.39 is 33.4 Å². The summed E-state index contributed by atoms with van der Waals surface area (Å²) in [5.41, 5.74) is 0.895. The second-order valence-electron chi connectivity index (χ2n) is 6.71. The largest absolute Gasteiger partial charge is 0.292 e. The Morgan fingerprint density at radius 3 is 2.31 bits per heavy atom. The van der Waals surface area contributed by atoms with Crippen molar-refractivity contribution in [1.29, 1.82) is 0 Å². The second kappa shape index (κ2) is 7.02. The van der Waals surface area contributed by atoms with Crippen molar-refractivity contribution in [2.24, 2.45) is 0 Å². The fourth-order valence-corrected chi connectivity index (χ4v) is 4.96. The minimum Gasteiger partial charge on any atom is -0.292 e. The van der Waals surface area contributed by atoms with E-state index in [-0.39, 0.29) is 16.0 Å². The standard InChI is InChI=1S/C22H16FNO4S/c1-24-20(22(26)17-10-3-5-12-19(17)29(24,27)28)21(25)15-8-6-7-14(13-15)16-9-2-4-11-18(16)23/h2-13,20H,1H3. The van der Waals surface area contributed by atoms with Gasteiger partial charge in [0.25, 0.3) is 0 Å². The minimum absolute atomic E-state index is 0.00536. The Labute approximate surface area is 167 Å². The van der Waals surface area contributed by atoms with Crippen molar-refractivity contribution in [2.75, 3.05) is 7.05 Å². The number of likely N-dealkylation sites (N-methyl/N-ethyl adjacent to an activating group) is 1. The minimum atomic E-state index is -3.99. The van der Waals surface area contributed by atoms with Gasteiger partial charge in [-0.15, -0.1) is 0 Å². The maximum atomic E-state index is 14.1. The Morgan fingerprint density at radius 2 is 1.59 bits per heavy atom. The molecule has 3 aromatic carbocycles. The number of hydrogen-bond acceptors (Lipinski definition) is 4. The Morgan fingerprint density at radius 1 is 0.931 bits per heavy atom. The molecule has 5 nitrogen and oxygen atoms in total. The lowest BCUT2D eigenvalue weighted by Crippen LogP contribution is -2.51. The van der Waals surface area contributed by atoms with Gasteiger partial charge in [-0.1, -0.05) is 48.5 Å². The molecule has 0 amide bonds. The van der Waals surface area contributed by atoms with Crippen LogP contribution in [0.5, 0.6) is 0 Å². The third-order valence-electron chi connectivity index (χ3n) is 5.00. The molecular weight excluding hydrogens is 393 g/mol. The SMILES string of the molecule is CN1C(C(=O)c2cccc(-c3ccccc3F)c2)C(=O)c2ccccc2S1(=O)=O. The fraction of sp³-hybridized carbons (Fsp3) is 0.0909. The molecule has 0 saturated heterocycles. The highest BCUT2D eigenvalue weighted by Gasteiger charge is 2.45. The van der Waals surface area contributed by atoms with Crippen LogP contribution in [0.2, 0.25) is 0 Å². The Hall–Kier alpha value is -3.16. The van der Waals surface area contributed by atoms with Gasteiger partial charge in [0.05, 0.1) is 4.90 Å². The first-order valence-electron chi connectivity index (χ1n) is 8.83. The van der Waals surface area contributed by atoms with E-state index >= 15 is 0 Å². The van der Waals surface area contributed by atoms with Gasteiger partial charge in [0.15, 0.2) is 17.6 Å². The van der Waals surface area contributed by atoms with Gasteiger partial charge in [0, 0.05) is 23.7 Å². The van der Waals surface area contributed by atoms with Crippen molar-refractivity contribution < 1.29 is 22.4 Å². The average molecular weight is 409 g/mol. The van der Waals surface area contributed by atoms with E-state index in [4.69, 9.17) is 0 Å². The average Bonchev–Trinajstić information content (AvgIpc) is 2.73. The monoisotopic (exact) mass is 409 g/mol. The third-order valence-corrected chi connectivity index (χ3v) is 6.88. The van der Waals surface area contributed by atoms with Crippen LogP contribution in [0, 0.1) is 5.82 Å². The summed E-state index contributed by atoms with van der Waals surface area (Å²) in [5.74, 6) is -1.69. The van der Waals surface area contributed by atoms with Crippen molar-refractivity contribution in [3.05, 3.63) is 89.7 Å². The topological polar surface area (TPSA) is 71.5 Å². The lowest BCUT2D eigenvalue weighted by Gasteiger charge is -2.31. The second-order valence-corrected chi connectivity index (χ2v) is 8.68. The molecule has 0 spiro atoms. The predicted molar refractivity (Wildman–Crippen MR) is 106 cm³/mol. The molecule has 29 heavy (non-hydrogen) atoms. The Bertz CT molecular complexity index is 1250. The molecule has 1 unspecified atom stereocenters. The lowest BCUT2D eigenvalue weighted by molar-refractivity contribution is 0.0784. The summed E-state index contributed by atoms with van der Waals surface area (Å²) >= 11 is 0. The number of fused-ring (bicyclic) bond motifs is 1. The van der Waals surface area contributed by atoms with E-state index in [9.17, 15) is 22.4 Å². The molecule has 0 bridgehead atoms. The fourth-order valence-electron chi connectivity index (χ4n) is 3.48. The summed E-state index contributed by atoms with van der Waals surface area (Å²) in [6, 6.07) is 16.6.